The molecule has 0 unspecified atom stereocenters. The molecule has 4 aromatic rings. The van der Waals surface area contributed by atoms with Gasteiger partial charge in [-0.25, -0.2) is 4.98 Å². The predicted molar refractivity (Wildman–Crippen MR) is 141 cm³/mol. The molecule has 1 aliphatic carbocycles. The molecule has 1 aliphatic rings. The maximum Gasteiger partial charge on any atom is 0.269 e. The monoisotopic (exact) mass is 501 g/mol. The number of hydrogen-bond donors (Lipinski definition) is 3. The van der Waals surface area contributed by atoms with Crippen LogP contribution in [0.1, 0.15) is 46.5 Å². The Morgan fingerprint density at radius 1 is 0.944 bits per heavy atom. The van der Waals surface area contributed by atoms with E-state index in [0.29, 0.717) is 22.8 Å². The number of aromatic nitrogens is 2. The van der Waals surface area contributed by atoms with Crippen LogP contribution in [0.3, 0.4) is 0 Å². The van der Waals surface area contributed by atoms with E-state index in [2.05, 4.69) is 20.9 Å². The van der Waals surface area contributed by atoms with Crippen LogP contribution in [0.25, 0.3) is 10.2 Å². The van der Waals surface area contributed by atoms with Crippen molar-refractivity contribution in [3.05, 3.63) is 78.1 Å². The van der Waals surface area contributed by atoms with Gasteiger partial charge in [0.1, 0.15) is 17.2 Å². The number of thiazole rings is 1. The molecule has 2 aromatic heterocycles. The summed E-state index contributed by atoms with van der Waals surface area (Å²) in [6.45, 7) is 0. The van der Waals surface area contributed by atoms with Crippen molar-refractivity contribution in [1.29, 1.82) is 0 Å². The van der Waals surface area contributed by atoms with Gasteiger partial charge in [-0.2, -0.15) is 0 Å². The molecule has 0 saturated heterocycles. The molecule has 2 heterocycles. The molecule has 3 N–H and O–H groups in total. The van der Waals surface area contributed by atoms with E-state index in [1.54, 1.807) is 36.7 Å². The lowest BCUT2D eigenvalue weighted by Gasteiger charge is -2.32. The van der Waals surface area contributed by atoms with Gasteiger partial charge in [0.25, 0.3) is 11.8 Å². The first-order valence-electron chi connectivity index (χ1n) is 12.0. The number of fused-ring (bicyclic) bond motifs is 1. The van der Waals surface area contributed by atoms with Crippen molar-refractivity contribution in [3.63, 3.8) is 0 Å². The second-order valence-electron chi connectivity index (χ2n) is 8.69. The first-order valence-corrected chi connectivity index (χ1v) is 12.8. The number of amides is 2. The number of nitrogens with one attached hydrogen (secondary N) is 3. The van der Waals surface area contributed by atoms with Crippen molar-refractivity contribution in [3.8, 4) is 11.5 Å². The van der Waals surface area contributed by atoms with Crippen LogP contribution in [0.2, 0.25) is 0 Å². The number of carbonyl (C=O) groups excluding carboxylic acids is 2. The van der Waals surface area contributed by atoms with Crippen LogP contribution in [0.4, 0.5) is 5.13 Å². The van der Waals surface area contributed by atoms with Crippen LogP contribution in [0, 0.1) is 0 Å². The van der Waals surface area contributed by atoms with Crippen molar-refractivity contribution >= 4 is 38.5 Å². The third-order valence-corrected chi connectivity index (χ3v) is 7.16. The van der Waals surface area contributed by atoms with Gasteiger partial charge in [-0.1, -0.05) is 42.4 Å². The highest BCUT2D eigenvalue weighted by molar-refractivity contribution is 7.22. The summed E-state index contributed by atoms with van der Waals surface area (Å²) in [7, 11) is 1.56. The summed E-state index contributed by atoms with van der Waals surface area (Å²) >= 11 is 1.55. The van der Waals surface area contributed by atoms with Crippen LogP contribution >= 0.6 is 11.3 Å². The average Bonchev–Trinajstić information content (AvgIpc) is 3.31. The van der Waals surface area contributed by atoms with E-state index in [-0.39, 0.29) is 23.9 Å². The van der Waals surface area contributed by atoms with Gasteiger partial charge in [0.15, 0.2) is 5.13 Å². The molecule has 184 valence electrons. The normalized spacial score (nSPS) is 17.4. The third-order valence-electron chi connectivity index (χ3n) is 6.21. The first kappa shape index (κ1) is 23.7. The van der Waals surface area contributed by atoms with E-state index < -0.39 is 0 Å². The van der Waals surface area contributed by atoms with Crippen molar-refractivity contribution < 1.29 is 14.3 Å². The summed E-state index contributed by atoms with van der Waals surface area (Å²) in [5, 5.41) is 10.2. The van der Waals surface area contributed by atoms with Gasteiger partial charge >= 0.3 is 0 Å². The zero-order valence-corrected chi connectivity index (χ0v) is 20.7. The molecule has 36 heavy (non-hydrogen) atoms. The Labute approximate surface area is 213 Å². The standard InChI is InChI=1S/C27H27N5O3S/c1-28-26(34)23-15-19(13-14-29-23)35-18-11-12-22-24(16-18)36-27(32-22)31-21-10-6-5-9-20(21)30-25(33)17-7-3-2-4-8-17/h2-4,7-8,11-16,20-21H,5-6,9-10H2,1H3,(H,28,34)(H,30,33)(H,31,32)/t20-,21+/m1/s1. The summed E-state index contributed by atoms with van der Waals surface area (Å²) < 4.78 is 6.96. The number of benzene rings is 2. The van der Waals surface area contributed by atoms with Gasteiger partial charge in [0.05, 0.1) is 10.2 Å². The Kier molecular flexibility index (Phi) is 7.08. The van der Waals surface area contributed by atoms with Gasteiger partial charge in [-0.3, -0.25) is 14.6 Å². The Bertz CT molecular complexity index is 1370. The molecule has 1 fully saturated rings. The second-order valence-corrected chi connectivity index (χ2v) is 9.72. The van der Waals surface area contributed by atoms with Gasteiger partial charge in [-0.05, 0) is 43.2 Å². The molecule has 2 aromatic carbocycles. The van der Waals surface area contributed by atoms with E-state index in [1.165, 1.54) is 0 Å². The average molecular weight is 502 g/mol. The lowest BCUT2D eigenvalue weighted by Crippen LogP contribution is -2.48. The summed E-state index contributed by atoms with van der Waals surface area (Å²) in [6.07, 6.45) is 5.66. The quantitative estimate of drug-likeness (QED) is 0.329. The van der Waals surface area contributed by atoms with Crippen molar-refractivity contribution in [2.45, 2.75) is 37.8 Å². The molecular formula is C27H27N5O3S. The van der Waals surface area contributed by atoms with E-state index in [9.17, 15) is 9.59 Å². The SMILES string of the molecule is CNC(=O)c1cc(Oc2ccc3nc(N[C@H]4CCCC[C@H]4NC(=O)c4ccccc4)sc3c2)ccn1. The number of pyridine rings is 1. The number of hydrogen-bond acceptors (Lipinski definition) is 7. The molecule has 8 nitrogen and oxygen atoms in total. The van der Waals surface area contributed by atoms with Crippen LogP contribution in [0.5, 0.6) is 11.5 Å². The lowest BCUT2D eigenvalue weighted by atomic mass is 9.90. The third kappa shape index (κ3) is 5.46. The number of nitrogens with zero attached hydrogens (tertiary/aromatic N) is 2. The van der Waals surface area contributed by atoms with Gasteiger partial charge in [0.2, 0.25) is 0 Å². The number of ether oxygens (including phenoxy) is 1. The summed E-state index contributed by atoms with van der Waals surface area (Å²) in [4.78, 5) is 33.4. The molecule has 5 rings (SSSR count). The highest BCUT2D eigenvalue weighted by Crippen LogP contribution is 2.33. The Hall–Kier alpha value is -3.98. The molecule has 0 radical (unpaired) electrons. The minimum absolute atomic E-state index is 0.0403. The van der Waals surface area contributed by atoms with Crippen LogP contribution in [-0.4, -0.2) is 40.9 Å². The molecule has 0 bridgehead atoms. The van der Waals surface area contributed by atoms with Crippen LogP contribution < -0.4 is 20.7 Å². The smallest absolute Gasteiger partial charge is 0.269 e. The van der Waals surface area contributed by atoms with Crippen LogP contribution in [0.15, 0.2) is 66.9 Å². The Morgan fingerprint density at radius 3 is 2.53 bits per heavy atom. The van der Waals surface area contributed by atoms with E-state index in [1.807, 2.05) is 48.5 Å². The second kappa shape index (κ2) is 10.7. The molecule has 9 heteroatoms. The molecule has 2 amide bonds. The lowest BCUT2D eigenvalue weighted by molar-refractivity contribution is 0.0922. The first-order chi connectivity index (χ1) is 17.6. The molecule has 1 saturated carbocycles. The zero-order chi connectivity index (χ0) is 24.9. The van der Waals surface area contributed by atoms with E-state index in [4.69, 9.17) is 9.72 Å². The maximum absolute atomic E-state index is 12.7. The zero-order valence-electron chi connectivity index (χ0n) is 19.9. The van der Waals surface area contributed by atoms with Crippen molar-refractivity contribution in [1.82, 2.24) is 20.6 Å². The highest BCUT2D eigenvalue weighted by atomic mass is 32.1. The fourth-order valence-electron chi connectivity index (χ4n) is 4.37. The maximum atomic E-state index is 12.7. The van der Waals surface area contributed by atoms with Gasteiger partial charge < -0.3 is 20.7 Å². The van der Waals surface area contributed by atoms with Crippen molar-refractivity contribution in [2.24, 2.45) is 0 Å². The van der Waals surface area contributed by atoms with Gasteiger partial charge in [0, 0.05) is 43.0 Å². The number of rotatable bonds is 7. The number of anilines is 1. The topological polar surface area (TPSA) is 105 Å². The Balaban J connectivity index is 1.28. The van der Waals surface area contributed by atoms with E-state index >= 15 is 0 Å². The minimum Gasteiger partial charge on any atom is -0.457 e. The van der Waals surface area contributed by atoms with Crippen molar-refractivity contribution in [2.75, 3.05) is 12.4 Å². The molecule has 0 aliphatic heterocycles. The summed E-state index contributed by atoms with van der Waals surface area (Å²) in [6, 6.07) is 18.5. The van der Waals surface area contributed by atoms with Crippen LogP contribution in [-0.2, 0) is 0 Å². The predicted octanol–water partition coefficient (Wildman–Crippen LogP) is 5.00. The Morgan fingerprint density at radius 2 is 1.72 bits per heavy atom. The fraction of sp³-hybridized carbons (Fsp3) is 0.259. The van der Waals surface area contributed by atoms with E-state index in [0.717, 1.165) is 41.0 Å². The number of carbonyl (C=O) groups is 2. The minimum atomic E-state index is -0.268. The molecular weight excluding hydrogens is 474 g/mol. The molecule has 2 atom stereocenters. The highest BCUT2D eigenvalue weighted by Gasteiger charge is 2.27. The largest absolute Gasteiger partial charge is 0.457 e. The fourth-order valence-corrected chi connectivity index (χ4v) is 5.33. The van der Waals surface area contributed by atoms with Gasteiger partial charge in [-0.15, -0.1) is 0 Å². The summed E-state index contributed by atoms with van der Waals surface area (Å²) in [5.74, 6) is 0.869. The molecule has 0 spiro atoms. The summed E-state index contributed by atoms with van der Waals surface area (Å²) in [5.41, 5.74) is 1.84.